The maximum atomic E-state index is 5.74. The number of pyridine rings is 1. The molecule has 4 heteroatoms. The van der Waals surface area contributed by atoms with E-state index in [0.29, 0.717) is 25.7 Å². The summed E-state index contributed by atoms with van der Waals surface area (Å²) in [6, 6.07) is 19.9. The number of hydrogen-bond acceptors (Lipinski definition) is 4. The second kappa shape index (κ2) is 9.55. The smallest absolute Gasteiger partial charge is 0.213 e. The Hall–Kier alpha value is -3.11. The minimum atomic E-state index is 0.501. The van der Waals surface area contributed by atoms with E-state index < -0.39 is 0 Å². The van der Waals surface area contributed by atoms with Crippen LogP contribution in [0, 0.1) is 0 Å². The van der Waals surface area contributed by atoms with Gasteiger partial charge in [-0.3, -0.25) is 0 Å². The standard InChI is InChI=1S/C23H23NO3/c1-3-19-15-20(9-11-22(19)26-14-13-25-2)21-10-12-23(24-16-21)27-17-18-7-5-4-6-8-18/h3-12,15-16H,1,13-14,17H2,2H3. The van der Waals surface area contributed by atoms with Crippen LogP contribution in [0.3, 0.4) is 0 Å². The summed E-state index contributed by atoms with van der Waals surface area (Å²) in [5, 5.41) is 0. The zero-order valence-corrected chi connectivity index (χ0v) is 15.4. The molecular weight excluding hydrogens is 338 g/mol. The Kier molecular flexibility index (Phi) is 6.61. The average Bonchev–Trinajstić information content (AvgIpc) is 2.74. The summed E-state index contributed by atoms with van der Waals surface area (Å²) in [7, 11) is 1.65. The molecule has 0 fully saturated rings. The lowest BCUT2D eigenvalue weighted by atomic mass is 10.0. The topological polar surface area (TPSA) is 40.6 Å². The van der Waals surface area contributed by atoms with Gasteiger partial charge in [0.25, 0.3) is 0 Å². The van der Waals surface area contributed by atoms with Crippen LogP contribution < -0.4 is 9.47 Å². The van der Waals surface area contributed by atoms with Gasteiger partial charge in [-0.05, 0) is 29.3 Å². The van der Waals surface area contributed by atoms with Crippen LogP contribution in [0.5, 0.6) is 11.6 Å². The number of methoxy groups -OCH3 is 1. The minimum Gasteiger partial charge on any atom is -0.491 e. The van der Waals surface area contributed by atoms with Crippen LogP contribution in [-0.4, -0.2) is 25.3 Å². The van der Waals surface area contributed by atoms with E-state index in [1.807, 2.05) is 66.9 Å². The lowest BCUT2D eigenvalue weighted by Crippen LogP contribution is -2.05. The molecule has 4 nitrogen and oxygen atoms in total. The first-order valence-electron chi connectivity index (χ1n) is 8.81. The fourth-order valence-electron chi connectivity index (χ4n) is 2.62. The van der Waals surface area contributed by atoms with Gasteiger partial charge >= 0.3 is 0 Å². The van der Waals surface area contributed by atoms with Crippen molar-refractivity contribution >= 4 is 6.08 Å². The molecule has 3 rings (SSSR count). The van der Waals surface area contributed by atoms with Crippen LogP contribution in [0.25, 0.3) is 17.2 Å². The lowest BCUT2D eigenvalue weighted by Gasteiger charge is -2.11. The maximum Gasteiger partial charge on any atom is 0.213 e. The highest BCUT2D eigenvalue weighted by Gasteiger charge is 2.06. The van der Waals surface area contributed by atoms with Crippen molar-refractivity contribution in [2.24, 2.45) is 0 Å². The number of aromatic nitrogens is 1. The molecule has 0 spiro atoms. The summed E-state index contributed by atoms with van der Waals surface area (Å²) in [4.78, 5) is 4.41. The molecule has 0 aliphatic heterocycles. The molecule has 3 aromatic rings. The van der Waals surface area contributed by atoms with Crippen molar-refractivity contribution < 1.29 is 14.2 Å². The molecule has 0 radical (unpaired) electrons. The molecular formula is C23H23NO3. The van der Waals surface area contributed by atoms with Crippen molar-refractivity contribution in [3.05, 3.63) is 84.6 Å². The summed E-state index contributed by atoms with van der Waals surface area (Å²) in [6.07, 6.45) is 3.60. The van der Waals surface area contributed by atoms with Crippen LogP contribution in [0.2, 0.25) is 0 Å². The van der Waals surface area contributed by atoms with E-state index in [1.165, 1.54) is 0 Å². The van der Waals surface area contributed by atoms with Crippen molar-refractivity contribution in [2.75, 3.05) is 20.3 Å². The first-order chi connectivity index (χ1) is 13.3. The zero-order valence-electron chi connectivity index (χ0n) is 15.4. The van der Waals surface area contributed by atoms with Gasteiger partial charge in [-0.1, -0.05) is 49.1 Å². The predicted octanol–water partition coefficient (Wildman–Crippen LogP) is 5.00. The summed E-state index contributed by atoms with van der Waals surface area (Å²) in [6.45, 7) is 5.43. The minimum absolute atomic E-state index is 0.501. The van der Waals surface area contributed by atoms with E-state index in [0.717, 1.165) is 28.0 Å². The zero-order chi connectivity index (χ0) is 18.9. The monoisotopic (exact) mass is 361 g/mol. The van der Waals surface area contributed by atoms with E-state index >= 15 is 0 Å². The van der Waals surface area contributed by atoms with E-state index in [9.17, 15) is 0 Å². The Morgan fingerprint density at radius 2 is 1.74 bits per heavy atom. The van der Waals surface area contributed by atoms with Gasteiger partial charge in [0.1, 0.15) is 19.0 Å². The second-order valence-corrected chi connectivity index (χ2v) is 5.96. The highest BCUT2D eigenvalue weighted by Crippen LogP contribution is 2.28. The maximum absolute atomic E-state index is 5.74. The molecule has 1 heterocycles. The Balaban J connectivity index is 1.68. The molecule has 0 amide bonds. The SMILES string of the molecule is C=Cc1cc(-c2ccc(OCc3ccccc3)nc2)ccc1OCCOC. The van der Waals surface area contributed by atoms with Crippen molar-refractivity contribution in [3.63, 3.8) is 0 Å². The number of hydrogen-bond donors (Lipinski definition) is 0. The summed E-state index contributed by atoms with van der Waals surface area (Å²) < 4.78 is 16.5. The van der Waals surface area contributed by atoms with Gasteiger partial charge in [0.15, 0.2) is 0 Å². The van der Waals surface area contributed by atoms with E-state index in [1.54, 1.807) is 13.2 Å². The molecule has 0 N–H and O–H groups in total. The summed E-state index contributed by atoms with van der Waals surface area (Å²) in [5.41, 5.74) is 4.11. The van der Waals surface area contributed by atoms with Gasteiger partial charge in [-0.25, -0.2) is 4.98 Å². The van der Waals surface area contributed by atoms with Gasteiger partial charge in [0.05, 0.1) is 6.61 Å². The molecule has 27 heavy (non-hydrogen) atoms. The summed E-state index contributed by atoms with van der Waals surface area (Å²) in [5.74, 6) is 1.40. The van der Waals surface area contributed by atoms with Gasteiger partial charge in [-0.15, -0.1) is 0 Å². The molecule has 0 aliphatic carbocycles. The Morgan fingerprint density at radius 3 is 2.44 bits per heavy atom. The average molecular weight is 361 g/mol. The highest BCUT2D eigenvalue weighted by atomic mass is 16.5. The third-order valence-electron chi connectivity index (χ3n) is 4.07. The molecule has 0 bridgehead atoms. The molecule has 1 aromatic heterocycles. The normalized spacial score (nSPS) is 10.4. The summed E-state index contributed by atoms with van der Waals surface area (Å²) >= 11 is 0. The van der Waals surface area contributed by atoms with Gasteiger partial charge in [0, 0.05) is 30.5 Å². The molecule has 138 valence electrons. The third kappa shape index (κ3) is 5.19. The van der Waals surface area contributed by atoms with Crippen molar-refractivity contribution in [1.29, 1.82) is 0 Å². The van der Waals surface area contributed by atoms with Gasteiger partial charge in [0.2, 0.25) is 5.88 Å². The van der Waals surface area contributed by atoms with Crippen molar-refractivity contribution in [3.8, 4) is 22.8 Å². The number of nitrogens with zero attached hydrogens (tertiary/aromatic N) is 1. The van der Waals surface area contributed by atoms with Crippen molar-refractivity contribution in [2.45, 2.75) is 6.61 Å². The van der Waals surface area contributed by atoms with E-state index in [4.69, 9.17) is 14.2 Å². The number of benzene rings is 2. The third-order valence-corrected chi connectivity index (χ3v) is 4.07. The van der Waals surface area contributed by atoms with Gasteiger partial charge < -0.3 is 14.2 Å². The lowest BCUT2D eigenvalue weighted by molar-refractivity contribution is 0.146. The fourth-order valence-corrected chi connectivity index (χ4v) is 2.62. The molecule has 2 aromatic carbocycles. The van der Waals surface area contributed by atoms with Crippen molar-refractivity contribution in [1.82, 2.24) is 4.98 Å². The van der Waals surface area contributed by atoms with Crippen LogP contribution >= 0.6 is 0 Å². The van der Waals surface area contributed by atoms with Crippen LogP contribution in [0.15, 0.2) is 73.4 Å². The largest absolute Gasteiger partial charge is 0.491 e. The van der Waals surface area contributed by atoms with Crippen LogP contribution in [-0.2, 0) is 11.3 Å². The molecule has 0 aliphatic rings. The molecule has 0 saturated heterocycles. The Morgan fingerprint density at radius 1 is 0.926 bits per heavy atom. The molecule has 0 atom stereocenters. The van der Waals surface area contributed by atoms with Gasteiger partial charge in [-0.2, -0.15) is 0 Å². The second-order valence-electron chi connectivity index (χ2n) is 5.96. The Labute approximate surface area is 160 Å². The van der Waals surface area contributed by atoms with E-state index in [2.05, 4.69) is 11.6 Å². The van der Waals surface area contributed by atoms with Crippen LogP contribution in [0.1, 0.15) is 11.1 Å². The quantitative estimate of drug-likeness (QED) is 0.503. The van der Waals surface area contributed by atoms with Crippen LogP contribution in [0.4, 0.5) is 0 Å². The predicted molar refractivity (Wildman–Crippen MR) is 108 cm³/mol. The molecule has 0 unspecified atom stereocenters. The Bertz CT molecular complexity index is 861. The first kappa shape index (κ1) is 18.7. The first-order valence-corrected chi connectivity index (χ1v) is 8.81. The highest BCUT2D eigenvalue weighted by molar-refractivity contribution is 5.69. The van der Waals surface area contributed by atoms with E-state index in [-0.39, 0.29) is 0 Å². The number of ether oxygens (including phenoxy) is 3. The fraction of sp³-hybridized carbons (Fsp3) is 0.174. The molecule has 0 saturated carbocycles. The number of rotatable bonds is 9.